The van der Waals surface area contributed by atoms with Gasteiger partial charge in [-0.25, -0.2) is 13.9 Å². The molecule has 2 aromatic rings. The van der Waals surface area contributed by atoms with Crippen LogP contribution in [0.25, 0.3) is 5.69 Å². The van der Waals surface area contributed by atoms with Crippen molar-refractivity contribution in [3.63, 3.8) is 0 Å². The molecule has 0 saturated heterocycles. The number of aryl methyl sites for hydroxylation is 1. The molecule has 1 heterocycles. The predicted molar refractivity (Wildman–Crippen MR) is 60.2 cm³/mol. The minimum Gasteiger partial charge on any atom is -0.476 e. The molecule has 17 heavy (non-hydrogen) atoms. The van der Waals surface area contributed by atoms with Gasteiger partial charge in [0, 0.05) is 11.8 Å². The molecular formula is C11H8ClFN2O2. The number of carbonyl (C=O) groups is 1. The summed E-state index contributed by atoms with van der Waals surface area (Å²) in [4.78, 5) is 10.8. The van der Waals surface area contributed by atoms with E-state index in [4.69, 9.17) is 16.7 Å². The van der Waals surface area contributed by atoms with Gasteiger partial charge < -0.3 is 5.11 Å². The van der Waals surface area contributed by atoms with Crippen molar-refractivity contribution in [3.05, 3.63) is 46.5 Å². The maximum atomic E-state index is 13.0. The molecule has 88 valence electrons. The summed E-state index contributed by atoms with van der Waals surface area (Å²) in [6.45, 7) is 1.64. The van der Waals surface area contributed by atoms with Crippen LogP contribution in [-0.2, 0) is 0 Å². The van der Waals surface area contributed by atoms with Crippen molar-refractivity contribution in [1.82, 2.24) is 9.78 Å². The van der Waals surface area contributed by atoms with Gasteiger partial charge in [-0.3, -0.25) is 0 Å². The van der Waals surface area contributed by atoms with E-state index in [1.54, 1.807) is 13.1 Å². The lowest BCUT2D eigenvalue weighted by atomic mass is 10.3. The quantitative estimate of drug-likeness (QED) is 0.896. The standard InChI is InChI=1S/C11H8ClFN2O2/c1-6-5-15(14-10(6)11(16)17)7-2-3-9(13)8(12)4-7/h2-5H,1H3,(H,16,17). The maximum Gasteiger partial charge on any atom is 0.356 e. The first-order valence-electron chi connectivity index (χ1n) is 4.74. The normalized spacial score (nSPS) is 10.5. The maximum absolute atomic E-state index is 13.0. The van der Waals surface area contributed by atoms with Crippen LogP contribution in [-0.4, -0.2) is 20.9 Å². The van der Waals surface area contributed by atoms with Gasteiger partial charge >= 0.3 is 5.97 Å². The number of benzene rings is 1. The lowest BCUT2D eigenvalue weighted by Gasteiger charge is -2.01. The van der Waals surface area contributed by atoms with Crippen LogP contribution in [0.5, 0.6) is 0 Å². The van der Waals surface area contributed by atoms with Gasteiger partial charge in [-0.15, -0.1) is 0 Å². The third-order valence-electron chi connectivity index (χ3n) is 2.27. The summed E-state index contributed by atoms with van der Waals surface area (Å²) in [6.07, 6.45) is 1.55. The first kappa shape index (κ1) is 11.6. The first-order valence-corrected chi connectivity index (χ1v) is 5.12. The molecule has 0 aliphatic heterocycles. The molecule has 1 aromatic carbocycles. The van der Waals surface area contributed by atoms with Crippen molar-refractivity contribution in [2.45, 2.75) is 6.92 Å². The number of hydrogen-bond donors (Lipinski definition) is 1. The lowest BCUT2D eigenvalue weighted by molar-refractivity contribution is 0.0689. The van der Waals surface area contributed by atoms with Crippen molar-refractivity contribution in [1.29, 1.82) is 0 Å². The number of hydrogen-bond acceptors (Lipinski definition) is 2. The fourth-order valence-corrected chi connectivity index (χ4v) is 1.61. The Bertz CT molecular complexity index is 595. The van der Waals surface area contributed by atoms with Crippen molar-refractivity contribution in [3.8, 4) is 5.69 Å². The highest BCUT2D eigenvalue weighted by molar-refractivity contribution is 6.30. The zero-order valence-corrected chi connectivity index (χ0v) is 9.57. The SMILES string of the molecule is Cc1cn(-c2ccc(F)c(Cl)c2)nc1C(=O)O. The van der Waals surface area contributed by atoms with Gasteiger partial charge in [-0.1, -0.05) is 11.6 Å². The van der Waals surface area contributed by atoms with E-state index in [0.717, 1.165) is 0 Å². The third-order valence-corrected chi connectivity index (χ3v) is 2.56. The van der Waals surface area contributed by atoms with Crippen LogP contribution in [0.3, 0.4) is 0 Å². The van der Waals surface area contributed by atoms with E-state index in [9.17, 15) is 9.18 Å². The summed E-state index contributed by atoms with van der Waals surface area (Å²) in [5.74, 6) is -1.63. The van der Waals surface area contributed by atoms with Gasteiger partial charge in [-0.2, -0.15) is 5.10 Å². The Hall–Kier alpha value is -1.88. The van der Waals surface area contributed by atoms with Crippen LogP contribution in [0.4, 0.5) is 4.39 Å². The Morgan fingerprint density at radius 2 is 2.24 bits per heavy atom. The number of carboxylic acids is 1. The molecule has 0 saturated carbocycles. The van der Waals surface area contributed by atoms with Crippen molar-refractivity contribution in [2.75, 3.05) is 0 Å². The number of rotatable bonds is 2. The van der Waals surface area contributed by atoms with E-state index in [1.165, 1.54) is 22.9 Å². The van der Waals surface area contributed by atoms with E-state index >= 15 is 0 Å². The fraction of sp³-hybridized carbons (Fsp3) is 0.0909. The second-order valence-electron chi connectivity index (χ2n) is 3.51. The summed E-state index contributed by atoms with van der Waals surface area (Å²) in [6, 6.07) is 4.06. The fourth-order valence-electron chi connectivity index (χ4n) is 1.43. The second kappa shape index (κ2) is 4.18. The van der Waals surface area contributed by atoms with Crippen LogP contribution in [0.15, 0.2) is 24.4 Å². The Balaban J connectivity index is 2.50. The molecule has 0 amide bonds. The molecular weight excluding hydrogens is 247 g/mol. The van der Waals surface area contributed by atoms with Gasteiger partial charge in [-0.05, 0) is 25.1 Å². The van der Waals surface area contributed by atoms with Crippen LogP contribution >= 0.6 is 11.6 Å². The molecule has 0 spiro atoms. The molecule has 2 rings (SSSR count). The highest BCUT2D eigenvalue weighted by Crippen LogP contribution is 2.19. The molecule has 0 fully saturated rings. The molecule has 6 heteroatoms. The number of halogens is 2. The summed E-state index contributed by atoms with van der Waals surface area (Å²) in [5, 5.41) is 12.7. The number of aromatic nitrogens is 2. The van der Waals surface area contributed by atoms with Gasteiger partial charge in [0.1, 0.15) is 5.82 Å². The molecule has 0 aliphatic rings. The lowest BCUT2D eigenvalue weighted by Crippen LogP contribution is -2.01. The van der Waals surface area contributed by atoms with Crippen LogP contribution in [0.1, 0.15) is 16.1 Å². The second-order valence-corrected chi connectivity index (χ2v) is 3.92. The zero-order chi connectivity index (χ0) is 12.6. The molecule has 1 N–H and O–H groups in total. The highest BCUT2D eigenvalue weighted by Gasteiger charge is 2.13. The molecule has 0 bridgehead atoms. The number of nitrogens with zero attached hydrogens (tertiary/aromatic N) is 2. The van der Waals surface area contributed by atoms with E-state index in [1.807, 2.05) is 0 Å². The first-order chi connectivity index (χ1) is 7.99. The van der Waals surface area contributed by atoms with Gasteiger partial charge in [0.05, 0.1) is 10.7 Å². The minimum absolute atomic E-state index is 0.0347. The number of carboxylic acid groups (broad SMARTS) is 1. The predicted octanol–water partition coefficient (Wildman–Crippen LogP) is 2.67. The van der Waals surface area contributed by atoms with Crippen LogP contribution < -0.4 is 0 Å². The molecule has 0 unspecified atom stereocenters. The van der Waals surface area contributed by atoms with Crippen LogP contribution in [0.2, 0.25) is 5.02 Å². The zero-order valence-electron chi connectivity index (χ0n) is 8.82. The molecule has 0 atom stereocenters. The molecule has 0 aliphatic carbocycles. The smallest absolute Gasteiger partial charge is 0.356 e. The molecule has 0 radical (unpaired) electrons. The van der Waals surface area contributed by atoms with E-state index in [0.29, 0.717) is 11.3 Å². The largest absolute Gasteiger partial charge is 0.476 e. The van der Waals surface area contributed by atoms with Crippen molar-refractivity contribution >= 4 is 17.6 Å². The Kier molecular flexibility index (Phi) is 2.85. The average molecular weight is 255 g/mol. The van der Waals surface area contributed by atoms with Crippen LogP contribution in [0, 0.1) is 12.7 Å². The van der Waals surface area contributed by atoms with Crippen molar-refractivity contribution in [2.24, 2.45) is 0 Å². The van der Waals surface area contributed by atoms with E-state index in [-0.39, 0.29) is 10.7 Å². The summed E-state index contributed by atoms with van der Waals surface area (Å²) < 4.78 is 14.3. The summed E-state index contributed by atoms with van der Waals surface area (Å²) >= 11 is 5.64. The van der Waals surface area contributed by atoms with Gasteiger partial charge in [0.25, 0.3) is 0 Å². The van der Waals surface area contributed by atoms with Crippen molar-refractivity contribution < 1.29 is 14.3 Å². The van der Waals surface area contributed by atoms with E-state index < -0.39 is 11.8 Å². The highest BCUT2D eigenvalue weighted by atomic mass is 35.5. The molecule has 1 aromatic heterocycles. The number of aromatic carboxylic acids is 1. The molecule has 4 nitrogen and oxygen atoms in total. The van der Waals surface area contributed by atoms with E-state index in [2.05, 4.69) is 5.10 Å². The van der Waals surface area contributed by atoms with Gasteiger partial charge in [0.2, 0.25) is 0 Å². The summed E-state index contributed by atoms with van der Waals surface area (Å²) in [5.41, 5.74) is 0.996. The summed E-state index contributed by atoms with van der Waals surface area (Å²) in [7, 11) is 0. The third kappa shape index (κ3) is 2.14. The monoisotopic (exact) mass is 254 g/mol. The average Bonchev–Trinajstić information content (AvgIpc) is 2.64. The van der Waals surface area contributed by atoms with Gasteiger partial charge in [0.15, 0.2) is 5.69 Å². The Labute approximate surface area is 101 Å². The minimum atomic E-state index is -1.10. The Morgan fingerprint density at radius 3 is 2.76 bits per heavy atom. The topological polar surface area (TPSA) is 55.1 Å². The Morgan fingerprint density at radius 1 is 1.53 bits per heavy atom.